The molecule has 128 valence electrons. The molecule has 0 aliphatic carbocycles. The molecule has 0 aliphatic heterocycles. The molecule has 1 aromatic carbocycles. The minimum absolute atomic E-state index is 0.242. The number of hydrogen-bond acceptors (Lipinski definition) is 3. The molecule has 0 unspecified atom stereocenters. The number of hydrogen-bond donors (Lipinski definition) is 2. The standard InChI is InChI=1S/C18H23N3O3/c1-12-7-5-6-8-15(12)21-13(2)14(11-20-21)16(22)19-10-9-18(3,4)17(23)24/h5-8,11H,9-10H2,1-4H3,(H,19,22)(H,23,24). The van der Waals surface area contributed by atoms with Gasteiger partial charge in [-0.15, -0.1) is 0 Å². The van der Waals surface area contributed by atoms with Gasteiger partial charge in [0.1, 0.15) is 0 Å². The Kier molecular flexibility index (Phi) is 5.07. The summed E-state index contributed by atoms with van der Waals surface area (Å²) >= 11 is 0. The van der Waals surface area contributed by atoms with Gasteiger partial charge in [0.15, 0.2) is 0 Å². The molecule has 0 spiro atoms. The summed E-state index contributed by atoms with van der Waals surface area (Å²) in [6, 6.07) is 7.82. The monoisotopic (exact) mass is 329 g/mol. The number of aromatic nitrogens is 2. The maximum absolute atomic E-state index is 12.3. The Morgan fingerprint density at radius 2 is 1.92 bits per heavy atom. The van der Waals surface area contributed by atoms with Crippen molar-refractivity contribution < 1.29 is 14.7 Å². The van der Waals surface area contributed by atoms with Crippen LogP contribution in [0.15, 0.2) is 30.5 Å². The van der Waals surface area contributed by atoms with E-state index >= 15 is 0 Å². The van der Waals surface area contributed by atoms with Crippen LogP contribution in [0.25, 0.3) is 5.69 Å². The summed E-state index contributed by atoms with van der Waals surface area (Å²) in [5, 5.41) is 16.2. The Bertz CT molecular complexity index is 763. The Hall–Kier alpha value is -2.63. The maximum atomic E-state index is 12.3. The zero-order valence-corrected chi connectivity index (χ0v) is 14.5. The minimum Gasteiger partial charge on any atom is -0.481 e. The van der Waals surface area contributed by atoms with Gasteiger partial charge in [0.05, 0.1) is 28.6 Å². The van der Waals surface area contributed by atoms with Crippen molar-refractivity contribution in [3.8, 4) is 5.69 Å². The van der Waals surface area contributed by atoms with Gasteiger partial charge in [-0.3, -0.25) is 9.59 Å². The lowest BCUT2D eigenvalue weighted by molar-refractivity contribution is -0.147. The average molecular weight is 329 g/mol. The van der Waals surface area contributed by atoms with Crippen molar-refractivity contribution in [1.82, 2.24) is 15.1 Å². The van der Waals surface area contributed by atoms with Crippen molar-refractivity contribution in [2.75, 3.05) is 6.54 Å². The van der Waals surface area contributed by atoms with Crippen molar-refractivity contribution >= 4 is 11.9 Å². The van der Waals surface area contributed by atoms with E-state index in [4.69, 9.17) is 5.11 Å². The molecule has 0 aliphatic rings. The van der Waals surface area contributed by atoms with Crippen LogP contribution in [0.1, 0.15) is 41.9 Å². The molecule has 0 radical (unpaired) electrons. The van der Waals surface area contributed by atoms with E-state index in [-0.39, 0.29) is 5.91 Å². The molecule has 0 saturated heterocycles. The van der Waals surface area contributed by atoms with E-state index in [9.17, 15) is 9.59 Å². The molecule has 6 heteroatoms. The van der Waals surface area contributed by atoms with Crippen LogP contribution in [0, 0.1) is 19.3 Å². The van der Waals surface area contributed by atoms with E-state index in [1.54, 1.807) is 24.7 Å². The highest BCUT2D eigenvalue weighted by molar-refractivity contribution is 5.95. The molecular weight excluding hydrogens is 306 g/mol. The number of para-hydroxylation sites is 1. The van der Waals surface area contributed by atoms with Gasteiger partial charge in [-0.2, -0.15) is 5.10 Å². The number of rotatable bonds is 6. The van der Waals surface area contributed by atoms with E-state index in [0.717, 1.165) is 16.9 Å². The molecule has 0 bridgehead atoms. The van der Waals surface area contributed by atoms with Crippen molar-refractivity contribution in [2.45, 2.75) is 34.1 Å². The fraction of sp³-hybridized carbons (Fsp3) is 0.389. The van der Waals surface area contributed by atoms with E-state index in [2.05, 4.69) is 10.4 Å². The normalized spacial score (nSPS) is 11.3. The highest BCUT2D eigenvalue weighted by atomic mass is 16.4. The van der Waals surface area contributed by atoms with Gasteiger partial charge in [0.25, 0.3) is 5.91 Å². The summed E-state index contributed by atoms with van der Waals surface area (Å²) in [5.74, 6) is -1.12. The molecular formula is C18H23N3O3. The molecule has 2 aromatic rings. The van der Waals surface area contributed by atoms with Crippen LogP contribution in [0.3, 0.4) is 0 Å². The Morgan fingerprint density at radius 3 is 2.54 bits per heavy atom. The molecule has 24 heavy (non-hydrogen) atoms. The van der Waals surface area contributed by atoms with E-state index in [1.807, 2.05) is 38.1 Å². The molecule has 2 rings (SSSR count). The van der Waals surface area contributed by atoms with Crippen LogP contribution in [-0.4, -0.2) is 33.3 Å². The number of aryl methyl sites for hydroxylation is 1. The van der Waals surface area contributed by atoms with Gasteiger partial charge >= 0.3 is 5.97 Å². The van der Waals surface area contributed by atoms with Gasteiger partial charge in [0.2, 0.25) is 0 Å². The zero-order chi connectivity index (χ0) is 17.9. The number of carbonyl (C=O) groups excluding carboxylic acids is 1. The number of nitrogens with one attached hydrogen (secondary N) is 1. The highest BCUT2D eigenvalue weighted by Crippen LogP contribution is 2.20. The maximum Gasteiger partial charge on any atom is 0.309 e. The van der Waals surface area contributed by atoms with Crippen molar-refractivity contribution in [1.29, 1.82) is 0 Å². The van der Waals surface area contributed by atoms with Crippen LogP contribution in [-0.2, 0) is 4.79 Å². The van der Waals surface area contributed by atoms with Crippen LogP contribution in [0.4, 0.5) is 0 Å². The van der Waals surface area contributed by atoms with Crippen LogP contribution >= 0.6 is 0 Å². The lowest BCUT2D eigenvalue weighted by Gasteiger charge is -2.18. The minimum atomic E-state index is -0.875. The Labute approximate surface area is 141 Å². The smallest absolute Gasteiger partial charge is 0.309 e. The lowest BCUT2D eigenvalue weighted by atomic mass is 9.90. The first-order chi connectivity index (χ1) is 11.2. The van der Waals surface area contributed by atoms with Crippen molar-refractivity contribution in [3.05, 3.63) is 47.3 Å². The number of nitrogens with zero attached hydrogens (tertiary/aromatic N) is 2. The van der Waals surface area contributed by atoms with Gasteiger partial charge in [0, 0.05) is 6.54 Å². The molecule has 0 fully saturated rings. The van der Waals surface area contributed by atoms with E-state index in [0.29, 0.717) is 18.5 Å². The topological polar surface area (TPSA) is 84.2 Å². The molecule has 6 nitrogen and oxygen atoms in total. The first-order valence-electron chi connectivity index (χ1n) is 7.86. The number of carboxylic acids is 1. The number of aliphatic carboxylic acids is 1. The van der Waals surface area contributed by atoms with Crippen LogP contribution in [0.5, 0.6) is 0 Å². The van der Waals surface area contributed by atoms with Gasteiger partial charge in [-0.1, -0.05) is 18.2 Å². The largest absolute Gasteiger partial charge is 0.481 e. The fourth-order valence-electron chi connectivity index (χ4n) is 2.37. The first kappa shape index (κ1) is 17.7. The lowest BCUT2D eigenvalue weighted by Crippen LogP contribution is -2.32. The Balaban J connectivity index is 2.10. The van der Waals surface area contributed by atoms with Crippen molar-refractivity contribution in [2.24, 2.45) is 5.41 Å². The second-order valence-electron chi connectivity index (χ2n) is 6.54. The summed E-state index contributed by atoms with van der Waals surface area (Å²) in [6.07, 6.45) is 1.90. The van der Waals surface area contributed by atoms with E-state index < -0.39 is 11.4 Å². The summed E-state index contributed by atoms with van der Waals surface area (Å²) in [4.78, 5) is 23.4. The number of carbonyl (C=O) groups is 2. The van der Waals surface area contributed by atoms with Crippen LogP contribution in [0.2, 0.25) is 0 Å². The molecule has 0 atom stereocenters. The fourth-order valence-corrected chi connectivity index (χ4v) is 2.37. The predicted molar refractivity (Wildman–Crippen MR) is 91.4 cm³/mol. The molecule has 1 aromatic heterocycles. The zero-order valence-electron chi connectivity index (χ0n) is 14.5. The quantitative estimate of drug-likeness (QED) is 0.853. The van der Waals surface area contributed by atoms with Gasteiger partial charge < -0.3 is 10.4 Å². The molecule has 1 amide bonds. The molecule has 1 heterocycles. The number of amides is 1. The molecule has 2 N–H and O–H groups in total. The second-order valence-corrected chi connectivity index (χ2v) is 6.54. The summed E-state index contributed by atoms with van der Waals surface area (Å²) in [7, 11) is 0. The van der Waals surface area contributed by atoms with Crippen molar-refractivity contribution in [3.63, 3.8) is 0 Å². The summed E-state index contributed by atoms with van der Waals surface area (Å²) in [6.45, 7) is 7.42. The van der Waals surface area contributed by atoms with Gasteiger partial charge in [-0.05, 0) is 45.7 Å². The highest BCUT2D eigenvalue weighted by Gasteiger charge is 2.27. The first-order valence-corrected chi connectivity index (χ1v) is 7.86. The summed E-state index contributed by atoms with van der Waals surface area (Å²) < 4.78 is 1.74. The third kappa shape index (κ3) is 3.64. The average Bonchev–Trinajstić information content (AvgIpc) is 2.89. The SMILES string of the molecule is Cc1ccccc1-n1ncc(C(=O)NCCC(C)(C)C(=O)O)c1C. The van der Waals surface area contributed by atoms with Gasteiger partial charge in [-0.25, -0.2) is 4.68 Å². The Morgan fingerprint density at radius 1 is 1.25 bits per heavy atom. The third-order valence-electron chi connectivity index (χ3n) is 4.21. The van der Waals surface area contributed by atoms with Crippen LogP contribution < -0.4 is 5.32 Å². The number of benzene rings is 1. The summed E-state index contributed by atoms with van der Waals surface area (Å²) in [5.41, 5.74) is 2.37. The molecule has 0 saturated carbocycles. The third-order valence-corrected chi connectivity index (χ3v) is 4.21. The van der Waals surface area contributed by atoms with E-state index in [1.165, 1.54) is 0 Å². The predicted octanol–water partition coefficient (Wildman–Crippen LogP) is 2.72. The second kappa shape index (κ2) is 6.86. The number of carboxylic acid groups (broad SMARTS) is 1.